The van der Waals surface area contributed by atoms with E-state index in [1.165, 1.54) is 6.42 Å². The highest BCUT2D eigenvalue weighted by Gasteiger charge is 2.25. The average Bonchev–Trinajstić information content (AvgIpc) is 2.42. The molecule has 116 valence electrons. The number of nitrogens with two attached hydrogens (primary N) is 1. The van der Waals surface area contributed by atoms with Crippen LogP contribution in [0.3, 0.4) is 0 Å². The second-order valence-corrected chi connectivity index (χ2v) is 7.76. The van der Waals surface area contributed by atoms with E-state index in [0.717, 1.165) is 24.8 Å². The van der Waals surface area contributed by atoms with E-state index < -0.39 is 10.8 Å². The van der Waals surface area contributed by atoms with Crippen molar-refractivity contribution in [3.63, 3.8) is 0 Å². The lowest BCUT2D eigenvalue weighted by Gasteiger charge is -2.25. The number of amides is 1. The summed E-state index contributed by atoms with van der Waals surface area (Å²) >= 11 is 0. The van der Waals surface area contributed by atoms with Crippen LogP contribution >= 0.6 is 0 Å². The SMILES string of the molecule is Cc1ccc(N)cc1NC(=O)CS(=O)C1CCCC(C)C1. The zero-order chi connectivity index (χ0) is 15.4. The fourth-order valence-electron chi connectivity index (χ4n) is 2.82. The summed E-state index contributed by atoms with van der Waals surface area (Å²) in [5.74, 6) is 0.498. The molecular formula is C16H24N2O2S. The molecule has 3 atom stereocenters. The first kappa shape index (κ1) is 16.0. The van der Waals surface area contributed by atoms with Gasteiger partial charge >= 0.3 is 0 Å². The van der Waals surface area contributed by atoms with Gasteiger partial charge in [-0.1, -0.05) is 25.8 Å². The van der Waals surface area contributed by atoms with Crippen LogP contribution in [0, 0.1) is 12.8 Å². The molecule has 3 N–H and O–H groups in total. The van der Waals surface area contributed by atoms with Crippen molar-refractivity contribution in [2.45, 2.75) is 44.8 Å². The van der Waals surface area contributed by atoms with Gasteiger partial charge in [0, 0.05) is 27.4 Å². The van der Waals surface area contributed by atoms with E-state index in [9.17, 15) is 9.00 Å². The largest absolute Gasteiger partial charge is 0.399 e. The van der Waals surface area contributed by atoms with Gasteiger partial charge in [-0.3, -0.25) is 9.00 Å². The molecule has 1 aliphatic carbocycles. The van der Waals surface area contributed by atoms with E-state index in [1.54, 1.807) is 12.1 Å². The van der Waals surface area contributed by atoms with Crippen LogP contribution in [0.25, 0.3) is 0 Å². The molecule has 4 nitrogen and oxygen atoms in total. The van der Waals surface area contributed by atoms with Gasteiger partial charge in [0.05, 0.1) is 0 Å². The van der Waals surface area contributed by atoms with Crippen LogP contribution in [0.2, 0.25) is 0 Å². The standard InChI is InChI=1S/C16H24N2O2S/c1-11-4-3-5-14(8-11)21(20)10-16(19)18-15-9-13(17)7-6-12(15)2/h6-7,9,11,14H,3-5,8,10,17H2,1-2H3,(H,18,19). The minimum atomic E-state index is -1.09. The Labute approximate surface area is 129 Å². The number of carbonyl (C=O) groups is 1. The first-order chi connectivity index (χ1) is 9.95. The van der Waals surface area contributed by atoms with Crippen molar-refractivity contribution in [1.82, 2.24) is 0 Å². The van der Waals surface area contributed by atoms with Crippen molar-refractivity contribution in [2.24, 2.45) is 5.92 Å². The molecule has 0 bridgehead atoms. The van der Waals surface area contributed by atoms with Crippen LogP contribution in [0.1, 0.15) is 38.2 Å². The van der Waals surface area contributed by atoms with Crippen LogP contribution in [-0.4, -0.2) is 21.1 Å². The zero-order valence-electron chi connectivity index (χ0n) is 12.7. The summed E-state index contributed by atoms with van der Waals surface area (Å²) in [5.41, 5.74) is 7.99. The molecule has 3 unspecified atom stereocenters. The molecule has 5 heteroatoms. The lowest BCUT2D eigenvalue weighted by Crippen LogP contribution is -2.29. The molecule has 1 aromatic rings. The van der Waals surface area contributed by atoms with Crippen LogP contribution in [0.5, 0.6) is 0 Å². The van der Waals surface area contributed by atoms with Gasteiger partial charge in [-0.2, -0.15) is 0 Å². The van der Waals surface area contributed by atoms with Crippen LogP contribution in [-0.2, 0) is 15.6 Å². The highest BCUT2D eigenvalue weighted by Crippen LogP contribution is 2.27. The molecule has 0 heterocycles. The van der Waals surface area contributed by atoms with E-state index in [-0.39, 0.29) is 16.9 Å². The first-order valence-corrected chi connectivity index (χ1v) is 8.87. The molecule has 0 radical (unpaired) electrons. The smallest absolute Gasteiger partial charge is 0.237 e. The molecule has 0 aromatic heterocycles. The van der Waals surface area contributed by atoms with E-state index in [4.69, 9.17) is 5.73 Å². The lowest BCUT2D eigenvalue weighted by atomic mass is 9.91. The molecule has 1 aliphatic rings. The Balaban J connectivity index is 1.92. The van der Waals surface area contributed by atoms with Gasteiger partial charge in [0.25, 0.3) is 0 Å². The van der Waals surface area contributed by atoms with E-state index in [0.29, 0.717) is 17.3 Å². The number of anilines is 2. The van der Waals surface area contributed by atoms with Gasteiger partial charge in [0.1, 0.15) is 5.75 Å². The van der Waals surface area contributed by atoms with Crippen molar-refractivity contribution < 1.29 is 9.00 Å². The summed E-state index contributed by atoms with van der Waals surface area (Å²) in [6, 6.07) is 5.40. The van der Waals surface area contributed by atoms with Gasteiger partial charge in [-0.15, -0.1) is 0 Å². The number of benzene rings is 1. The molecule has 1 fully saturated rings. The van der Waals surface area contributed by atoms with E-state index >= 15 is 0 Å². The molecule has 1 saturated carbocycles. The fraction of sp³-hybridized carbons (Fsp3) is 0.562. The number of rotatable bonds is 4. The van der Waals surface area contributed by atoms with Crippen LogP contribution in [0.15, 0.2) is 18.2 Å². The Morgan fingerprint density at radius 2 is 2.19 bits per heavy atom. The van der Waals surface area contributed by atoms with E-state index in [2.05, 4.69) is 12.2 Å². The van der Waals surface area contributed by atoms with Crippen molar-refractivity contribution in [2.75, 3.05) is 16.8 Å². The number of hydrogen-bond donors (Lipinski definition) is 2. The summed E-state index contributed by atoms with van der Waals surface area (Å²) < 4.78 is 12.3. The summed E-state index contributed by atoms with van der Waals surface area (Å²) in [6.45, 7) is 4.11. The summed E-state index contributed by atoms with van der Waals surface area (Å²) in [6.07, 6.45) is 4.27. The Bertz CT molecular complexity index is 545. The van der Waals surface area contributed by atoms with Gasteiger partial charge in [0.15, 0.2) is 0 Å². The molecule has 0 saturated heterocycles. The summed E-state index contributed by atoms with van der Waals surface area (Å²) in [4.78, 5) is 12.1. The molecule has 1 amide bonds. The third-order valence-corrected chi connectivity index (χ3v) is 5.79. The Hall–Kier alpha value is -1.36. The normalized spacial score (nSPS) is 23.5. The molecule has 21 heavy (non-hydrogen) atoms. The quantitative estimate of drug-likeness (QED) is 0.840. The van der Waals surface area contributed by atoms with Crippen molar-refractivity contribution >= 4 is 28.1 Å². The number of hydrogen-bond acceptors (Lipinski definition) is 3. The van der Waals surface area contributed by atoms with Crippen molar-refractivity contribution in [1.29, 1.82) is 0 Å². The molecular weight excluding hydrogens is 284 g/mol. The number of carbonyl (C=O) groups excluding carboxylic acids is 1. The second-order valence-electron chi connectivity index (χ2n) is 6.04. The average molecular weight is 308 g/mol. The summed E-state index contributed by atoms with van der Waals surface area (Å²) in [7, 11) is -1.09. The second kappa shape index (κ2) is 7.07. The summed E-state index contributed by atoms with van der Waals surface area (Å²) in [5, 5.41) is 2.99. The third-order valence-electron chi connectivity index (χ3n) is 4.07. The maximum Gasteiger partial charge on any atom is 0.237 e. The van der Waals surface area contributed by atoms with Crippen molar-refractivity contribution in [3.05, 3.63) is 23.8 Å². The van der Waals surface area contributed by atoms with Gasteiger partial charge in [-0.25, -0.2) is 0 Å². The maximum atomic E-state index is 12.3. The van der Waals surface area contributed by atoms with E-state index in [1.807, 2.05) is 13.0 Å². The minimum Gasteiger partial charge on any atom is -0.399 e. The van der Waals surface area contributed by atoms with Crippen LogP contribution < -0.4 is 11.1 Å². The number of nitrogens with one attached hydrogen (secondary N) is 1. The Morgan fingerprint density at radius 3 is 2.90 bits per heavy atom. The van der Waals surface area contributed by atoms with Gasteiger partial charge in [-0.05, 0) is 43.4 Å². The number of aryl methyl sites for hydroxylation is 1. The topological polar surface area (TPSA) is 72.2 Å². The third kappa shape index (κ3) is 4.56. The number of nitrogen functional groups attached to an aromatic ring is 1. The molecule has 0 spiro atoms. The predicted molar refractivity (Wildman–Crippen MR) is 88.7 cm³/mol. The Kier molecular flexibility index (Phi) is 5.39. The highest BCUT2D eigenvalue weighted by molar-refractivity contribution is 7.86. The molecule has 1 aromatic carbocycles. The molecule has 0 aliphatic heterocycles. The van der Waals surface area contributed by atoms with Gasteiger partial charge < -0.3 is 11.1 Å². The monoisotopic (exact) mass is 308 g/mol. The zero-order valence-corrected chi connectivity index (χ0v) is 13.5. The minimum absolute atomic E-state index is 0.0750. The molecule has 2 rings (SSSR count). The van der Waals surface area contributed by atoms with Crippen molar-refractivity contribution in [3.8, 4) is 0 Å². The van der Waals surface area contributed by atoms with Crippen LogP contribution in [0.4, 0.5) is 11.4 Å². The van der Waals surface area contributed by atoms with Gasteiger partial charge in [0.2, 0.25) is 5.91 Å². The Morgan fingerprint density at radius 1 is 1.43 bits per heavy atom. The first-order valence-electron chi connectivity index (χ1n) is 7.49. The maximum absolute atomic E-state index is 12.3. The fourth-order valence-corrected chi connectivity index (χ4v) is 4.36. The highest BCUT2D eigenvalue weighted by atomic mass is 32.2. The lowest BCUT2D eigenvalue weighted by molar-refractivity contribution is -0.113. The predicted octanol–water partition coefficient (Wildman–Crippen LogP) is 2.84.